The van der Waals surface area contributed by atoms with E-state index in [2.05, 4.69) is 5.10 Å². The van der Waals surface area contributed by atoms with E-state index in [1.165, 1.54) is 36.4 Å². The lowest BCUT2D eigenvalue weighted by Gasteiger charge is -2.08. The molecule has 2 rings (SSSR count). The van der Waals surface area contributed by atoms with Crippen LogP contribution < -0.4 is 11.2 Å². The van der Waals surface area contributed by atoms with Crippen LogP contribution >= 0.6 is 0 Å². The topological polar surface area (TPSA) is 145 Å². The molecule has 2 amide bonds. The second-order valence-electron chi connectivity index (χ2n) is 4.91. The maximum Gasteiger partial charge on any atom is 0.332 e. The summed E-state index contributed by atoms with van der Waals surface area (Å²) >= 11 is 0. The van der Waals surface area contributed by atoms with Gasteiger partial charge in [-0.2, -0.15) is 5.10 Å². The largest absolute Gasteiger partial charge is 0.350 e. The Bertz CT molecular complexity index is 909. The van der Waals surface area contributed by atoms with Crippen LogP contribution in [-0.2, 0) is 9.84 Å². The highest BCUT2D eigenvalue weighted by Gasteiger charge is 2.20. The third-order valence-corrected chi connectivity index (χ3v) is 4.79. The maximum absolute atomic E-state index is 12.5. The first-order valence-corrected chi connectivity index (χ1v) is 8.59. The van der Waals surface area contributed by atoms with E-state index in [9.17, 15) is 23.3 Å². The van der Waals surface area contributed by atoms with Gasteiger partial charge in [-0.1, -0.05) is 18.2 Å². The van der Waals surface area contributed by atoms with Crippen LogP contribution in [0.3, 0.4) is 0 Å². The van der Waals surface area contributed by atoms with Gasteiger partial charge in [-0.05, 0) is 29.8 Å². The van der Waals surface area contributed by atoms with Gasteiger partial charge >= 0.3 is 6.03 Å². The van der Waals surface area contributed by atoms with Gasteiger partial charge in [-0.15, -0.1) is 0 Å². The number of hydrogen-bond acceptors (Lipinski definition) is 6. The summed E-state index contributed by atoms with van der Waals surface area (Å²) in [5.74, 6) is -0.519. The Balaban J connectivity index is 2.38. The molecule has 0 aliphatic heterocycles. The molecule has 2 aromatic carbocycles. The molecule has 0 saturated heterocycles. The number of nitro benzene ring substituents is 1. The summed E-state index contributed by atoms with van der Waals surface area (Å²) in [5, 5.41) is 14.4. The van der Waals surface area contributed by atoms with E-state index < -0.39 is 26.5 Å². The second kappa shape index (κ2) is 7.53. The van der Waals surface area contributed by atoms with Gasteiger partial charge in [-0.25, -0.2) is 18.6 Å². The van der Waals surface area contributed by atoms with Crippen molar-refractivity contribution >= 4 is 27.3 Å². The number of carbonyl (C=O) groups is 1. The molecule has 0 heterocycles. The van der Waals surface area contributed by atoms with Gasteiger partial charge in [0.2, 0.25) is 0 Å². The lowest BCUT2D eigenvalue weighted by molar-refractivity contribution is -0.384. The zero-order valence-electron chi connectivity index (χ0n) is 12.8. The monoisotopic (exact) mass is 362 g/mol. The van der Waals surface area contributed by atoms with E-state index in [1.807, 2.05) is 5.43 Å². The zero-order chi connectivity index (χ0) is 18.4. The lowest BCUT2D eigenvalue weighted by Crippen LogP contribution is -2.28. The SMILES string of the molecule is NC(=O)N/N=C(/CS(=O)(=O)c1ccccc1)c1ccc([N+](=O)[O-])cc1. The quantitative estimate of drug-likeness (QED) is 0.454. The number of non-ortho nitro benzene ring substituents is 1. The first-order chi connectivity index (χ1) is 11.8. The van der Waals surface area contributed by atoms with E-state index in [0.717, 1.165) is 0 Å². The van der Waals surface area contributed by atoms with Crippen LogP contribution in [0.2, 0.25) is 0 Å². The molecule has 25 heavy (non-hydrogen) atoms. The number of nitrogens with one attached hydrogen (secondary N) is 1. The number of sulfone groups is 1. The zero-order valence-corrected chi connectivity index (χ0v) is 13.6. The van der Waals surface area contributed by atoms with Crippen molar-refractivity contribution in [2.45, 2.75) is 4.90 Å². The number of amides is 2. The number of hydrogen-bond donors (Lipinski definition) is 2. The van der Waals surface area contributed by atoms with Crippen molar-refractivity contribution in [3.63, 3.8) is 0 Å². The Morgan fingerprint density at radius 1 is 1.12 bits per heavy atom. The first-order valence-electron chi connectivity index (χ1n) is 6.94. The summed E-state index contributed by atoms with van der Waals surface area (Å²) in [6, 6.07) is 11.9. The van der Waals surface area contributed by atoms with Crippen molar-refractivity contribution in [3.05, 3.63) is 70.3 Å². The Kier molecular flexibility index (Phi) is 5.45. The molecule has 0 radical (unpaired) electrons. The third kappa shape index (κ3) is 4.85. The number of primary amides is 1. The predicted molar refractivity (Wildman–Crippen MR) is 90.8 cm³/mol. The van der Waals surface area contributed by atoms with E-state index in [0.29, 0.717) is 5.56 Å². The Labute approximate surface area is 143 Å². The Hall–Kier alpha value is -3.27. The standard InChI is InChI=1S/C15H14N4O5S/c16-15(20)18-17-14(11-6-8-12(9-7-11)19(21)22)10-25(23,24)13-4-2-1-3-5-13/h1-9H,10H2,(H3,16,18,20)/b17-14-. The number of nitrogens with two attached hydrogens (primary N) is 1. The maximum atomic E-state index is 12.5. The van der Waals surface area contributed by atoms with Gasteiger partial charge < -0.3 is 5.73 Å². The van der Waals surface area contributed by atoms with Gasteiger partial charge in [0.1, 0.15) is 0 Å². The molecule has 0 unspecified atom stereocenters. The molecule has 10 heteroatoms. The molecule has 0 spiro atoms. The summed E-state index contributed by atoms with van der Waals surface area (Å²) < 4.78 is 25.0. The van der Waals surface area contributed by atoms with E-state index >= 15 is 0 Å². The summed E-state index contributed by atoms with van der Waals surface area (Å²) in [6.45, 7) is 0. The second-order valence-corrected chi connectivity index (χ2v) is 6.90. The van der Waals surface area contributed by atoms with Crippen molar-refractivity contribution < 1.29 is 18.1 Å². The van der Waals surface area contributed by atoms with Crippen LogP contribution in [0.5, 0.6) is 0 Å². The summed E-state index contributed by atoms with van der Waals surface area (Å²) in [6.07, 6.45) is 0. The molecule has 0 saturated carbocycles. The molecule has 9 nitrogen and oxygen atoms in total. The fourth-order valence-corrected chi connectivity index (χ4v) is 3.30. The highest BCUT2D eigenvalue weighted by Crippen LogP contribution is 2.16. The van der Waals surface area contributed by atoms with Gasteiger partial charge in [0.25, 0.3) is 5.69 Å². The lowest BCUT2D eigenvalue weighted by atomic mass is 10.1. The number of hydrazone groups is 1. The van der Waals surface area contributed by atoms with Crippen LogP contribution in [0.15, 0.2) is 64.6 Å². The van der Waals surface area contributed by atoms with Crippen molar-refractivity contribution in [1.29, 1.82) is 0 Å². The van der Waals surface area contributed by atoms with Gasteiger partial charge in [0, 0.05) is 12.1 Å². The average molecular weight is 362 g/mol. The summed E-state index contributed by atoms with van der Waals surface area (Å²) in [4.78, 5) is 21.1. The summed E-state index contributed by atoms with van der Waals surface area (Å²) in [5.41, 5.74) is 7.09. The van der Waals surface area contributed by atoms with Crippen molar-refractivity contribution in [2.24, 2.45) is 10.8 Å². The smallest absolute Gasteiger partial charge is 0.332 e. The van der Waals surface area contributed by atoms with Gasteiger partial charge in [-0.3, -0.25) is 10.1 Å². The molecule has 0 aliphatic rings. The fraction of sp³-hybridized carbons (Fsp3) is 0.0667. The average Bonchev–Trinajstić information content (AvgIpc) is 2.59. The minimum Gasteiger partial charge on any atom is -0.350 e. The third-order valence-electron chi connectivity index (χ3n) is 3.14. The van der Waals surface area contributed by atoms with Crippen LogP contribution in [0, 0.1) is 10.1 Å². The minimum absolute atomic E-state index is 0.00227. The van der Waals surface area contributed by atoms with Gasteiger partial charge in [0.15, 0.2) is 9.84 Å². The number of rotatable bonds is 6. The fourth-order valence-electron chi connectivity index (χ4n) is 1.97. The van der Waals surface area contributed by atoms with Gasteiger partial charge in [0.05, 0.1) is 21.3 Å². The molecule has 0 aromatic heterocycles. The van der Waals surface area contributed by atoms with Crippen molar-refractivity contribution in [2.75, 3.05) is 5.75 Å². The Morgan fingerprint density at radius 2 is 1.72 bits per heavy atom. The molecule has 0 bridgehead atoms. The number of urea groups is 1. The summed E-state index contributed by atoms with van der Waals surface area (Å²) in [7, 11) is -3.74. The minimum atomic E-state index is -3.74. The molecular formula is C15H14N4O5S. The van der Waals surface area contributed by atoms with Crippen LogP contribution in [-0.4, -0.2) is 30.8 Å². The number of benzene rings is 2. The highest BCUT2D eigenvalue weighted by atomic mass is 32.2. The van der Waals surface area contributed by atoms with E-state index in [1.54, 1.807) is 18.2 Å². The Morgan fingerprint density at radius 3 is 2.24 bits per heavy atom. The molecule has 2 aromatic rings. The molecule has 0 fully saturated rings. The number of carbonyl (C=O) groups excluding carboxylic acids is 1. The van der Waals surface area contributed by atoms with Crippen LogP contribution in [0.25, 0.3) is 0 Å². The number of nitro groups is 1. The van der Waals surface area contributed by atoms with E-state index in [-0.39, 0.29) is 16.3 Å². The van der Waals surface area contributed by atoms with Crippen molar-refractivity contribution in [3.8, 4) is 0 Å². The van der Waals surface area contributed by atoms with Crippen molar-refractivity contribution in [1.82, 2.24) is 5.43 Å². The highest BCUT2D eigenvalue weighted by molar-refractivity contribution is 7.92. The molecule has 3 N–H and O–H groups in total. The van der Waals surface area contributed by atoms with E-state index in [4.69, 9.17) is 5.73 Å². The molecule has 130 valence electrons. The molecule has 0 aliphatic carbocycles. The van der Waals surface area contributed by atoms with Crippen LogP contribution in [0.1, 0.15) is 5.56 Å². The number of nitrogens with zero attached hydrogens (tertiary/aromatic N) is 2. The normalized spacial score (nSPS) is 11.8. The predicted octanol–water partition coefficient (Wildman–Crippen LogP) is 1.44. The van der Waals surface area contributed by atoms with Crippen LogP contribution in [0.4, 0.5) is 10.5 Å². The molecule has 0 atom stereocenters. The molecular weight excluding hydrogens is 348 g/mol. The first kappa shape index (κ1) is 18.1.